The standard InChI is InChI=1S/C22H23N3O3/c1-15-5-3-7-18(11-15)28-19-8-4-6-16(12-19)13-24-22(26)20-10-9-17(14-27-2)25-21(20)23/h3-12H,13-14H2,1-2H3,(H2,23,25)(H,24,26). The van der Waals surface area contributed by atoms with Crippen LogP contribution in [-0.2, 0) is 17.9 Å². The molecule has 0 aliphatic heterocycles. The van der Waals surface area contributed by atoms with E-state index in [9.17, 15) is 4.79 Å². The van der Waals surface area contributed by atoms with Gasteiger partial charge in [0, 0.05) is 13.7 Å². The van der Waals surface area contributed by atoms with Gasteiger partial charge < -0.3 is 20.5 Å². The van der Waals surface area contributed by atoms with Gasteiger partial charge in [-0.1, -0.05) is 24.3 Å². The Morgan fingerprint density at radius 2 is 1.82 bits per heavy atom. The second kappa shape index (κ2) is 9.01. The fourth-order valence-electron chi connectivity index (χ4n) is 2.75. The Morgan fingerprint density at radius 3 is 2.54 bits per heavy atom. The summed E-state index contributed by atoms with van der Waals surface area (Å²) < 4.78 is 10.9. The number of carbonyl (C=O) groups excluding carboxylic acids is 1. The summed E-state index contributed by atoms with van der Waals surface area (Å²) in [7, 11) is 1.58. The highest BCUT2D eigenvalue weighted by Gasteiger charge is 2.11. The number of hydrogen-bond donors (Lipinski definition) is 2. The third-order valence-corrected chi connectivity index (χ3v) is 4.10. The van der Waals surface area contributed by atoms with Gasteiger partial charge in [-0.3, -0.25) is 4.79 Å². The number of amides is 1. The molecule has 0 saturated heterocycles. The van der Waals surface area contributed by atoms with Crippen molar-refractivity contribution in [3.05, 3.63) is 83.0 Å². The lowest BCUT2D eigenvalue weighted by Gasteiger charge is -2.10. The molecule has 6 nitrogen and oxygen atoms in total. The highest BCUT2D eigenvalue weighted by atomic mass is 16.5. The molecule has 0 unspecified atom stereocenters. The summed E-state index contributed by atoms with van der Waals surface area (Å²) in [6, 6.07) is 18.8. The van der Waals surface area contributed by atoms with Crippen LogP contribution in [0, 0.1) is 6.92 Å². The molecule has 0 saturated carbocycles. The normalized spacial score (nSPS) is 10.5. The summed E-state index contributed by atoms with van der Waals surface area (Å²) in [6.45, 7) is 2.71. The van der Waals surface area contributed by atoms with E-state index >= 15 is 0 Å². The van der Waals surface area contributed by atoms with E-state index < -0.39 is 0 Å². The lowest BCUT2D eigenvalue weighted by molar-refractivity contribution is 0.0951. The van der Waals surface area contributed by atoms with Crippen molar-refractivity contribution in [2.24, 2.45) is 0 Å². The van der Waals surface area contributed by atoms with Crippen LogP contribution in [0.5, 0.6) is 11.5 Å². The van der Waals surface area contributed by atoms with Crippen LogP contribution in [0.2, 0.25) is 0 Å². The molecule has 2 aromatic carbocycles. The molecule has 1 amide bonds. The van der Waals surface area contributed by atoms with E-state index in [4.69, 9.17) is 15.2 Å². The van der Waals surface area contributed by atoms with Crippen molar-refractivity contribution in [3.8, 4) is 11.5 Å². The number of hydrogen-bond acceptors (Lipinski definition) is 5. The van der Waals surface area contributed by atoms with Crippen LogP contribution in [-0.4, -0.2) is 18.0 Å². The molecule has 0 fully saturated rings. The van der Waals surface area contributed by atoms with Crippen LogP contribution in [0.15, 0.2) is 60.7 Å². The number of carbonyl (C=O) groups is 1. The van der Waals surface area contributed by atoms with E-state index in [1.165, 1.54) is 0 Å². The lowest BCUT2D eigenvalue weighted by Crippen LogP contribution is -2.24. The number of benzene rings is 2. The molecule has 6 heteroatoms. The molecule has 0 spiro atoms. The number of aromatic nitrogens is 1. The first kappa shape index (κ1) is 19.4. The van der Waals surface area contributed by atoms with Crippen LogP contribution in [0.4, 0.5) is 5.82 Å². The van der Waals surface area contributed by atoms with Crippen molar-refractivity contribution >= 4 is 11.7 Å². The Labute approximate surface area is 164 Å². The summed E-state index contributed by atoms with van der Waals surface area (Å²) >= 11 is 0. The molecule has 3 rings (SSSR count). The van der Waals surface area contributed by atoms with Gasteiger partial charge in [0.2, 0.25) is 0 Å². The minimum absolute atomic E-state index is 0.184. The van der Waals surface area contributed by atoms with Crippen molar-refractivity contribution in [3.63, 3.8) is 0 Å². The predicted octanol–water partition coefficient (Wildman–Crippen LogP) is 3.84. The average Bonchev–Trinajstić information content (AvgIpc) is 2.67. The Morgan fingerprint density at radius 1 is 1.07 bits per heavy atom. The summed E-state index contributed by atoms with van der Waals surface area (Å²) in [6.07, 6.45) is 0. The van der Waals surface area contributed by atoms with Crippen LogP contribution in [0.25, 0.3) is 0 Å². The van der Waals surface area contributed by atoms with Gasteiger partial charge in [-0.2, -0.15) is 0 Å². The van der Waals surface area contributed by atoms with Gasteiger partial charge in [-0.15, -0.1) is 0 Å². The monoisotopic (exact) mass is 377 g/mol. The maximum Gasteiger partial charge on any atom is 0.255 e. The Balaban J connectivity index is 1.64. The Bertz CT molecular complexity index is 973. The van der Waals surface area contributed by atoms with Gasteiger partial charge in [0.25, 0.3) is 5.91 Å². The summed E-state index contributed by atoms with van der Waals surface area (Å²) in [5.41, 5.74) is 8.96. The van der Waals surface area contributed by atoms with Crippen molar-refractivity contribution in [2.75, 3.05) is 12.8 Å². The van der Waals surface area contributed by atoms with E-state index in [0.29, 0.717) is 30.2 Å². The molecule has 0 aliphatic carbocycles. The average molecular weight is 377 g/mol. The number of pyridine rings is 1. The minimum atomic E-state index is -0.279. The number of ether oxygens (including phenoxy) is 2. The van der Waals surface area contributed by atoms with Gasteiger partial charge in [-0.05, 0) is 54.4 Å². The molecule has 0 bridgehead atoms. The van der Waals surface area contributed by atoms with Crippen LogP contribution in [0.1, 0.15) is 27.2 Å². The predicted molar refractivity (Wildman–Crippen MR) is 108 cm³/mol. The molecule has 1 heterocycles. The van der Waals surface area contributed by atoms with Crippen molar-refractivity contribution in [1.82, 2.24) is 10.3 Å². The highest BCUT2D eigenvalue weighted by Crippen LogP contribution is 2.23. The van der Waals surface area contributed by atoms with Gasteiger partial charge >= 0.3 is 0 Å². The first-order chi connectivity index (χ1) is 13.5. The number of rotatable bonds is 7. The van der Waals surface area contributed by atoms with Crippen LogP contribution in [0.3, 0.4) is 0 Å². The highest BCUT2D eigenvalue weighted by molar-refractivity contribution is 5.98. The van der Waals surface area contributed by atoms with Gasteiger partial charge in [0.1, 0.15) is 17.3 Å². The molecule has 0 aliphatic rings. The zero-order valence-electron chi connectivity index (χ0n) is 15.9. The lowest BCUT2D eigenvalue weighted by atomic mass is 10.2. The number of nitrogens with two attached hydrogens (primary N) is 1. The molecule has 0 atom stereocenters. The fourth-order valence-corrected chi connectivity index (χ4v) is 2.75. The third-order valence-electron chi connectivity index (χ3n) is 4.10. The third kappa shape index (κ3) is 5.08. The topological polar surface area (TPSA) is 86.5 Å². The molecule has 3 aromatic rings. The smallest absolute Gasteiger partial charge is 0.255 e. The number of nitrogens with one attached hydrogen (secondary N) is 1. The number of methoxy groups -OCH3 is 1. The summed E-state index contributed by atoms with van der Waals surface area (Å²) in [5.74, 6) is 1.39. The summed E-state index contributed by atoms with van der Waals surface area (Å²) in [4.78, 5) is 16.6. The first-order valence-electron chi connectivity index (χ1n) is 8.91. The number of anilines is 1. The van der Waals surface area contributed by atoms with Crippen molar-refractivity contribution < 1.29 is 14.3 Å². The second-order valence-corrected chi connectivity index (χ2v) is 6.42. The number of nitrogen functional groups attached to an aromatic ring is 1. The van der Waals surface area contributed by atoms with E-state index in [1.54, 1.807) is 19.2 Å². The largest absolute Gasteiger partial charge is 0.457 e. The molecular formula is C22H23N3O3. The quantitative estimate of drug-likeness (QED) is 0.653. The number of aryl methyl sites for hydroxylation is 1. The van der Waals surface area contributed by atoms with E-state index in [-0.39, 0.29) is 11.7 Å². The zero-order valence-corrected chi connectivity index (χ0v) is 15.9. The molecule has 1 aromatic heterocycles. The second-order valence-electron chi connectivity index (χ2n) is 6.42. The zero-order chi connectivity index (χ0) is 19.9. The molecule has 0 radical (unpaired) electrons. The maximum absolute atomic E-state index is 12.4. The molecule has 28 heavy (non-hydrogen) atoms. The molecule has 144 valence electrons. The Hall–Kier alpha value is -3.38. The van der Waals surface area contributed by atoms with Crippen LogP contribution >= 0.6 is 0 Å². The van der Waals surface area contributed by atoms with Gasteiger partial charge in [0.15, 0.2) is 0 Å². The van der Waals surface area contributed by atoms with E-state index in [1.807, 2.05) is 55.5 Å². The van der Waals surface area contributed by atoms with E-state index in [0.717, 1.165) is 16.9 Å². The van der Waals surface area contributed by atoms with E-state index in [2.05, 4.69) is 10.3 Å². The minimum Gasteiger partial charge on any atom is -0.457 e. The summed E-state index contributed by atoms with van der Waals surface area (Å²) in [5, 5.41) is 2.86. The number of nitrogens with zero attached hydrogens (tertiary/aromatic N) is 1. The fraction of sp³-hybridized carbons (Fsp3) is 0.182. The molecular weight excluding hydrogens is 354 g/mol. The Kier molecular flexibility index (Phi) is 6.24. The van der Waals surface area contributed by atoms with Gasteiger partial charge in [0.05, 0.1) is 17.9 Å². The van der Waals surface area contributed by atoms with Crippen molar-refractivity contribution in [1.29, 1.82) is 0 Å². The molecule has 3 N–H and O–H groups in total. The van der Waals surface area contributed by atoms with Crippen molar-refractivity contribution in [2.45, 2.75) is 20.1 Å². The first-order valence-corrected chi connectivity index (χ1v) is 8.91. The van der Waals surface area contributed by atoms with Gasteiger partial charge in [-0.25, -0.2) is 4.98 Å². The van der Waals surface area contributed by atoms with Crippen LogP contribution < -0.4 is 15.8 Å². The maximum atomic E-state index is 12.4. The SMILES string of the molecule is COCc1ccc(C(=O)NCc2cccc(Oc3cccc(C)c3)c2)c(N)n1.